The number of ether oxygens (including phenoxy) is 1. The molecular weight excluding hydrogens is 350 g/mol. The van der Waals surface area contributed by atoms with Gasteiger partial charge in [-0.05, 0) is 55.0 Å². The van der Waals surface area contributed by atoms with E-state index >= 15 is 0 Å². The summed E-state index contributed by atoms with van der Waals surface area (Å²) >= 11 is 0. The van der Waals surface area contributed by atoms with Crippen LogP contribution in [-0.4, -0.2) is 12.2 Å². The summed E-state index contributed by atoms with van der Waals surface area (Å²) < 4.78 is 11.3. The van der Waals surface area contributed by atoms with Crippen LogP contribution in [0.1, 0.15) is 18.5 Å². The average molecular weight is 371 g/mol. The molecular formula is C24H21NO3. The van der Waals surface area contributed by atoms with Crippen LogP contribution in [0.3, 0.4) is 0 Å². The van der Waals surface area contributed by atoms with Crippen LogP contribution < -0.4 is 10.1 Å². The molecule has 0 saturated carbocycles. The number of benzene rings is 3. The molecule has 140 valence electrons. The molecule has 0 spiro atoms. The van der Waals surface area contributed by atoms with Gasteiger partial charge in [-0.2, -0.15) is 0 Å². The van der Waals surface area contributed by atoms with Crippen LogP contribution in [0.5, 0.6) is 11.5 Å². The van der Waals surface area contributed by atoms with Crippen molar-refractivity contribution in [2.24, 2.45) is 4.99 Å². The van der Waals surface area contributed by atoms with E-state index < -0.39 is 0 Å². The van der Waals surface area contributed by atoms with Crippen molar-refractivity contribution in [3.8, 4) is 22.8 Å². The van der Waals surface area contributed by atoms with Gasteiger partial charge in [0.15, 0.2) is 0 Å². The number of phenolic OH excluding ortho intramolecular Hbond substituents is 1. The predicted molar refractivity (Wildman–Crippen MR) is 110 cm³/mol. The number of aromatic hydroxyl groups is 1. The molecule has 4 heteroatoms. The fourth-order valence-corrected chi connectivity index (χ4v) is 3.18. The van der Waals surface area contributed by atoms with Gasteiger partial charge < -0.3 is 14.3 Å². The fourth-order valence-electron chi connectivity index (χ4n) is 3.18. The van der Waals surface area contributed by atoms with Crippen molar-refractivity contribution in [2.45, 2.75) is 13.0 Å². The molecule has 0 saturated heterocycles. The van der Waals surface area contributed by atoms with E-state index in [0.29, 0.717) is 11.3 Å². The van der Waals surface area contributed by atoms with Crippen LogP contribution in [0, 0.1) is 0 Å². The largest absolute Gasteiger partial charge is 0.508 e. The molecule has 0 aliphatic rings. The monoisotopic (exact) mass is 371 g/mol. The molecule has 1 N–H and O–H groups in total. The summed E-state index contributed by atoms with van der Waals surface area (Å²) in [7, 11) is 1.64. The average Bonchev–Trinajstić information content (AvgIpc) is 2.74. The molecule has 1 atom stereocenters. The second kappa shape index (κ2) is 7.61. The highest BCUT2D eigenvalue weighted by atomic mass is 16.5. The zero-order chi connectivity index (χ0) is 19.5. The summed E-state index contributed by atoms with van der Waals surface area (Å²) in [5, 5.41) is 11.5. The van der Waals surface area contributed by atoms with Gasteiger partial charge in [-0.1, -0.05) is 30.3 Å². The van der Waals surface area contributed by atoms with Crippen LogP contribution in [-0.2, 0) is 0 Å². The molecule has 4 nitrogen and oxygen atoms in total. The van der Waals surface area contributed by atoms with Gasteiger partial charge in [0.05, 0.1) is 18.5 Å². The molecule has 0 amide bonds. The third-order valence-electron chi connectivity index (χ3n) is 4.72. The number of nitrogens with zero attached hydrogens (tertiary/aromatic N) is 1. The molecule has 0 aliphatic carbocycles. The van der Waals surface area contributed by atoms with E-state index in [4.69, 9.17) is 14.1 Å². The highest BCUT2D eigenvalue weighted by Crippen LogP contribution is 2.26. The first kappa shape index (κ1) is 17.9. The summed E-state index contributed by atoms with van der Waals surface area (Å²) in [6, 6.07) is 24.8. The third kappa shape index (κ3) is 3.62. The van der Waals surface area contributed by atoms with Crippen molar-refractivity contribution in [1.29, 1.82) is 0 Å². The third-order valence-corrected chi connectivity index (χ3v) is 4.72. The Morgan fingerprint density at radius 2 is 1.68 bits per heavy atom. The molecule has 1 heterocycles. The lowest BCUT2D eigenvalue weighted by Gasteiger charge is -2.09. The molecule has 0 radical (unpaired) electrons. The summed E-state index contributed by atoms with van der Waals surface area (Å²) in [6.45, 7) is 2.06. The van der Waals surface area contributed by atoms with Gasteiger partial charge in [-0.3, -0.25) is 4.99 Å². The van der Waals surface area contributed by atoms with Crippen LogP contribution in [0.2, 0.25) is 0 Å². The second-order valence-electron chi connectivity index (χ2n) is 6.62. The van der Waals surface area contributed by atoms with Gasteiger partial charge in [-0.15, -0.1) is 0 Å². The molecule has 0 aliphatic heterocycles. The van der Waals surface area contributed by atoms with E-state index in [-0.39, 0.29) is 11.8 Å². The van der Waals surface area contributed by atoms with Gasteiger partial charge in [0.25, 0.3) is 0 Å². The Kier molecular flexibility index (Phi) is 4.85. The smallest absolute Gasteiger partial charge is 0.137 e. The van der Waals surface area contributed by atoms with E-state index in [1.54, 1.807) is 25.3 Å². The van der Waals surface area contributed by atoms with E-state index in [2.05, 4.69) is 19.1 Å². The number of phenols is 1. The molecule has 3 aromatic carbocycles. The van der Waals surface area contributed by atoms with Crippen molar-refractivity contribution < 1.29 is 14.3 Å². The first-order valence-corrected chi connectivity index (χ1v) is 9.14. The maximum absolute atomic E-state index is 9.95. The Morgan fingerprint density at radius 3 is 2.39 bits per heavy atom. The normalized spacial score (nSPS) is 12.9. The standard InChI is InChI=1S/C24H21NO3/c1-16(17-6-4-3-5-7-17)25-22-15-24(18-8-11-20(27-2)12-9-18)28-23-13-10-19(26)14-21(22)23/h3-16,26H,1-2H3. The molecule has 28 heavy (non-hydrogen) atoms. The minimum absolute atomic E-state index is 0.0298. The van der Waals surface area contributed by atoms with Crippen molar-refractivity contribution in [3.63, 3.8) is 0 Å². The number of hydrogen-bond donors (Lipinski definition) is 1. The molecule has 4 rings (SSSR count). The van der Waals surface area contributed by atoms with E-state index in [9.17, 15) is 5.11 Å². The number of rotatable bonds is 4. The van der Waals surface area contributed by atoms with Crippen molar-refractivity contribution >= 4 is 11.0 Å². The van der Waals surface area contributed by atoms with E-state index in [0.717, 1.165) is 27.6 Å². The SMILES string of the molecule is COc1ccc(-c2cc(=NC(C)c3ccccc3)c3cc(O)ccc3o2)cc1. The van der Waals surface area contributed by atoms with Gasteiger partial charge >= 0.3 is 0 Å². The minimum Gasteiger partial charge on any atom is -0.508 e. The Labute approximate surface area is 163 Å². The summed E-state index contributed by atoms with van der Waals surface area (Å²) in [5.41, 5.74) is 2.73. The van der Waals surface area contributed by atoms with Gasteiger partial charge in [0, 0.05) is 17.0 Å². The summed E-state index contributed by atoms with van der Waals surface area (Å²) in [6.07, 6.45) is 0. The molecule has 1 aromatic heterocycles. The quantitative estimate of drug-likeness (QED) is 0.517. The highest BCUT2D eigenvalue weighted by Gasteiger charge is 2.09. The Hall–Kier alpha value is -3.53. The number of fused-ring (bicyclic) bond motifs is 1. The lowest BCUT2D eigenvalue weighted by molar-refractivity contribution is 0.415. The highest BCUT2D eigenvalue weighted by molar-refractivity contribution is 5.80. The summed E-state index contributed by atoms with van der Waals surface area (Å²) in [5.74, 6) is 1.68. The van der Waals surface area contributed by atoms with Gasteiger partial charge in [-0.25, -0.2) is 0 Å². The topological polar surface area (TPSA) is 55.0 Å². The van der Waals surface area contributed by atoms with Crippen molar-refractivity contribution in [2.75, 3.05) is 7.11 Å². The number of hydrogen-bond acceptors (Lipinski definition) is 4. The van der Waals surface area contributed by atoms with E-state index in [1.807, 2.05) is 48.5 Å². The molecule has 0 fully saturated rings. The van der Waals surface area contributed by atoms with Crippen molar-refractivity contribution in [3.05, 3.63) is 89.8 Å². The molecule has 4 aromatic rings. The Bertz CT molecular complexity index is 1160. The molecule has 1 unspecified atom stereocenters. The van der Waals surface area contributed by atoms with Gasteiger partial charge in [0.2, 0.25) is 0 Å². The summed E-state index contributed by atoms with van der Waals surface area (Å²) in [4.78, 5) is 4.92. The Balaban J connectivity index is 1.89. The predicted octanol–water partition coefficient (Wildman–Crippen LogP) is 5.48. The second-order valence-corrected chi connectivity index (χ2v) is 6.62. The van der Waals surface area contributed by atoms with Gasteiger partial charge in [0.1, 0.15) is 22.8 Å². The zero-order valence-electron chi connectivity index (χ0n) is 15.8. The minimum atomic E-state index is -0.0298. The van der Waals surface area contributed by atoms with Crippen LogP contribution in [0.15, 0.2) is 88.3 Å². The lowest BCUT2D eigenvalue weighted by Crippen LogP contribution is -2.06. The van der Waals surface area contributed by atoms with Crippen LogP contribution in [0.4, 0.5) is 0 Å². The number of methoxy groups -OCH3 is 1. The van der Waals surface area contributed by atoms with Crippen molar-refractivity contribution in [1.82, 2.24) is 0 Å². The van der Waals surface area contributed by atoms with E-state index in [1.165, 1.54) is 0 Å². The zero-order valence-corrected chi connectivity index (χ0v) is 15.8. The van der Waals surface area contributed by atoms with Crippen LogP contribution >= 0.6 is 0 Å². The maximum atomic E-state index is 9.95. The molecule has 0 bridgehead atoms. The lowest BCUT2D eigenvalue weighted by atomic mass is 10.1. The Morgan fingerprint density at radius 1 is 0.929 bits per heavy atom. The first-order valence-electron chi connectivity index (χ1n) is 9.14. The fraction of sp³-hybridized carbons (Fsp3) is 0.125. The maximum Gasteiger partial charge on any atom is 0.137 e. The van der Waals surface area contributed by atoms with Crippen LogP contribution in [0.25, 0.3) is 22.3 Å². The first-order chi connectivity index (χ1) is 13.6.